The number of oxazole rings is 1. The van der Waals surface area contributed by atoms with Crippen LogP contribution in [0.3, 0.4) is 0 Å². The number of piperidine rings is 2. The van der Waals surface area contributed by atoms with Gasteiger partial charge in [-0.2, -0.15) is 0 Å². The number of benzene rings is 2. The summed E-state index contributed by atoms with van der Waals surface area (Å²) in [4.78, 5) is 34.0. The number of rotatable bonds is 3. The second-order valence-electron chi connectivity index (χ2n) is 8.69. The number of nitrogens with zero attached hydrogens (tertiary/aromatic N) is 3. The maximum atomic E-state index is 13.1. The van der Waals surface area contributed by atoms with Gasteiger partial charge in [0.15, 0.2) is 11.5 Å². The number of carbonyl (C=O) groups is 2. The summed E-state index contributed by atoms with van der Waals surface area (Å²) < 4.78 is 19.0. The zero-order chi connectivity index (χ0) is 22.1. The number of para-hydroxylation sites is 2. The molecule has 5 rings (SSSR count). The number of hydrogen-bond acceptors (Lipinski definition) is 4. The molecular weight excluding hydrogens is 409 g/mol. The highest BCUT2D eigenvalue weighted by molar-refractivity contribution is 5.94. The summed E-state index contributed by atoms with van der Waals surface area (Å²) >= 11 is 0. The van der Waals surface area contributed by atoms with Crippen LogP contribution in [0.5, 0.6) is 0 Å². The quantitative estimate of drug-likeness (QED) is 0.618. The Morgan fingerprint density at radius 2 is 1.53 bits per heavy atom. The minimum absolute atomic E-state index is 0.0480. The smallest absolute Gasteiger partial charge is 0.253 e. The van der Waals surface area contributed by atoms with Gasteiger partial charge in [-0.15, -0.1) is 0 Å². The van der Waals surface area contributed by atoms with Crippen LogP contribution >= 0.6 is 0 Å². The van der Waals surface area contributed by atoms with Crippen LogP contribution in [0.4, 0.5) is 4.39 Å². The molecule has 0 bridgehead atoms. The highest BCUT2D eigenvalue weighted by atomic mass is 19.1. The van der Waals surface area contributed by atoms with E-state index in [1.54, 1.807) is 4.90 Å². The zero-order valence-corrected chi connectivity index (χ0v) is 17.9. The molecule has 0 aliphatic carbocycles. The highest BCUT2D eigenvalue weighted by Gasteiger charge is 2.33. The molecule has 2 amide bonds. The fourth-order valence-electron chi connectivity index (χ4n) is 4.77. The molecule has 7 heteroatoms. The lowest BCUT2D eigenvalue weighted by molar-refractivity contribution is -0.138. The van der Waals surface area contributed by atoms with Gasteiger partial charge < -0.3 is 14.2 Å². The SMILES string of the molecule is O=C(c1ccc(F)cc1)N1CCC(C(=O)N2CCC(c3nc4ccccc4o3)CC2)CC1. The third-order valence-electron chi connectivity index (χ3n) is 6.69. The second kappa shape index (κ2) is 8.73. The van der Waals surface area contributed by atoms with Gasteiger partial charge in [-0.25, -0.2) is 9.37 Å². The van der Waals surface area contributed by atoms with E-state index in [0.717, 1.165) is 29.8 Å². The van der Waals surface area contributed by atoms with Gasteiger partial charge in [-0.05, 0) is 62.1 Å². The molecule has 2 saturated heterocycles. The molecule has 0 unspecified atom stereocenters. The van der Waals surface area contributed by atoms with E-state index in [4.69, 9.17) is 4.42 Å². The minimum atomic E-state index is -0.356. The Labute approximate surface area is 186 Å². The van der Waals surface area contributed by atoms with E-state index in [2.05, 4.69) is 4.98 Å². The summed E-state index contributed by atoms with van der Waals surface area (Å²) in [5, 5.41) is 0. The number of amides is 2. The van der Waals surface area contributed by atoms with Crippen molar-refractivity contribution < 1.29 is 18.4 Å². The van der Waals surface area contributed by atoms with Crippen LogP contribution in [0.1, 0.15) is 47.8 Å². The Bertz CT molecular complexity index is 1080. The number of fused-ring (bicyclic) bond motifs is 1. The lowest BCUT2D eigenvalue weighted by atomic mass is 9.91. The van der Waals surface area contributed by atoms with Crippen LogP contribution < -0.4 is 0 Å². The Morgan fingerprint density at radius 1 is 0.875 bits per heavy atom. The molecule has 2 aromatic carbocycles. The monoisotopic (exact) mass is 435 g/mol. The average Bonchev–Trinajstić information content (AvgIpc) is 3.28. The van der Waals surface area contributed by atoms with Crippen LogP contribution in [0.2, 0.25) is 0 Å². The summed E-state index contributed by atoms with van der Waals surface area (Å²) in [5.41, 5.74) is 2.17. The third-order valence-corrected chi connectivity index (χ3v) is 6.69. The molecule has 32 heavy (non-hydrogen) atoms. The second-order valence-corrected chi connectivity index (χ2v) is 8.69. The molecule has 2 aliphatic heterocycles. The van der Waals surface area contributed by atoms with E-state index in [-0.39, 0.29) is 29.5 Å². The van der Waals surface area contributed by atoms with Crippen molar-refractivity contribution in [1.82, 2.24) is 14.8 Å². The summed E-state index contributed by atoms with van der Waals surface area (Å²) in [7, 11) is 0. The standard InChI is InChI=1S/C25H26FN3O3/c26-20-7-5-18(6-8-20)24(30)29-15-11-19(12-16-29)25(31)28-13-9-17(10-14-28)23-27-21-3-1-2-4-22(21)32-23/h1-8,17,19H,9-16H2. The van der Waals surface area contributed by atoms with Gasteiger partial charge in [-0.1, -0.05) is 12.1 Å². The van der Waals surface area contributed by atoms with Crippen LogP contribution in [0.25, 0.3) is 11.1 Å². The molecule has 2 aliphatic rings. The summed E-state index contributed by atoms with van der Waals surface area (Å²) in [6.45, 7) is 2.51. The van der Waals surface area contributed by atoms with Crippen LogP contribution in [0, 0.1) is 11.7 Å². The number of likely N-dealkylation sites (tertiary alicyclic amines) is 2. The third kappa shape index (κ3) is 4.11. The minimum Gasteiger partial charge on any atom is -0.440 e. The maximum Gasteiger partial charge on any atom is 0.253 e. The number of aromatic nitrogens is 1. The molecule has 3 aromatic rings. The Morgan fingerprint density at radius 3 is 2.22 bits per heavy atom. The lowest BCUT2D eigenvalue weighted by Gasteiger charge is -2.36. The average molecular weight is 435 g/mol. The van der Waals surface area contributed by atoms with E-state index < -0.39 is 0 Å². The molecule has 3 heterocycles. The van der Waals surface area contributed by atoms with E-state index in [9.17, 15) is 14.0 Å². The Kier molecular flexibility index (Phi) is 5.64. The molecule has 0 spiro atoms. The first-order valence-electron chi connectivity index (χ1n) is 11.3. The van der Waals surface area contributed by atoms with E-state index in [1.165, 1.54) is 24.3 Å². The maximum absolute atomic E-state index is 13.1. The van der Waals surface area contributed by atoms with Crippen molar-refractivity contribution in [2.75, 3.05) is 26.2 Å². The van der Waals surface area contributed by atoms with Crippen LogP contribution in [0.15, 0.2) is 52.9 Å². The van der Waals surface area contributed by atoms with Crippen LogP contribution in [-0.2, 0) is 4.79 Å². The van der Waals surface area contributed by atoms with Crippen molar-refractivity contribution in [1.29, 1.82) is 0 Å². The van der Waals surface area contributed by atoms with Crippen molar-refractivity contribution in [2.45, 2.75) is 31.6 Å². The fourth-order valence-corrected chi connectivity index (χ4v) is 4.77. The predicted molar refractivity (Wildman–Crippen MR) is 118 cm³/mol. The first-order chi connectivity index (χ1) is 15.6. The van der Waals surface area contributed by atoms with Gasteiger partial charge in [0, 0.05) is 43.6 Å². The van der Waals surface area contributed by atoms with Crippen LogP contribution in [-0.4, -0.2) is 52.8 Å². The van der Waals surface area contributed by atoms with Gasteiger partial charge in [0.2, 0.25) is 5.91 Å². The molecule has 0 N–H and O–H groups in total. The lowest BCUT2D eigenvalue weighted by Crippen LogP contribution is -2.46. The largest absolute Gasteiger partial charge is 0.440 e. The molecule has 0 atom stereocenters. The zero-order valence-electron chi connectivity index (χ0n) is 17.9. The van der Waals surface area contributed by atoms with E-state index in [0.29, 0.717) is 44.6 Å². The number of halogens is 1. The van der Waals surface area contributed by atoms with Crippen molar-refractivity contribution in [3.05, 3.63) is 65.8 Å². The van der Waals surface area contributed by atoms with Gasteiger partial charge in [0.05, 0.1) is 0 Å². The van der Waals surface area contributed by atoms with Crippen molar-refractivity contribution in [2.24, 2.45) is 5.92 Å². The summed E-state index contributed by atoms with van der Waals surface area (Å²) in [5.74, 6) is 0.691. The molecular formula is C25H26FN3O3. The van der Waals surface area contributed by atoms with Gasteiger partial charge >= 0.3 is 0 Å². The summed E-state index contributed by atoms with van der Waals surface area (Å²) in [6, 6.07) is 13.4. The molecule has 6 nitrogen and oxygen atoms in total. The molecule has 1 aromatic heterocycles. The topological polar surface area (TPSA) is 66.7 Å². The Balaban J connectivity index is 1.13. The van der Waals surface area contributed by atoms with Gasteiger partial charge in [0.1, 0.15) is 11.3 Å². The van der Waals surface area contributed by atoms with E-state index in [1.807, 2.05) is 29.2 Å². The normalized spacial score (nSPS) is 18.3. The molecule has 166 valence electrons. The molecule has 0 saturated carbocycles. The van der Waals surface area contributed by atoms with Gasteiger partial charge in [0.25, 0.3) is 5.91 Å². The van der Waals surface area contributed by atoms with E-state index >= 15 is 0 Å². The van der Waals surface area contributed by atoms with Gasteiger partial charge in [-0.3, -0.25) is 9.59 Å². The first-order valence-corrected chi connectivity index (χ1v) is 11.3. The summed E-state index contributed by atoms with van der Waals surface area (Å²) in [6.07, 6.45) is 3.02. The first kappa shape index (κ1) is 20.7. The van der Waals surface area contributed by atoms with Crippen molar-refractivity contribution >= 4 is 22.9 Å². The highest BCUT2D eigenvalue weighted by Crippen LogP contribution is 2.31. The predicted octanol–water partition coefficient (Wildman–Crippen LogP) is 4.23. The molecule has 0 radical (unpaired) electrons. The Hall–Kier alpha value is -3.22. The van der Waals surface area contributed by atoms with Crippen molar-refractivity contribution in [3.8, 4) is 0 Å². The van der Waals surface area contributed by atoms with Crippen molar-refractivity contribution in [3.63, 3.8) is 0 Å². The molecule has 2 fully saturated rings. The number of hydrogen-bond donors (Lipinski definition) is 0. The fraction of sp³-hybridized carbons (Fsp3) is 0.400. The number of carbonyl (C=O) groups excluding carboxylic acids is 2.